The first-order valence-corrected chi connectivity index (χ1v) is 8.77. The zero-order valence-electron chi connectivity index (χ0n) is 14.7. The fourth-order valence-electron chi connectivity index (χ4n) is 3.01. The van der Waals surface area contributed by atoms with Crippen molar-refractivity contribution >= 4 is 5.91 Å². The number of nitrogens with zero attached hydrogens (tertiary/aromatic N) is 2. The van der Waals surface area contributed by atoms with E-state index in [1.54, 1.807) is 23.1 Å². The Morgan fingerprint density at radius 3 is 2.88 bits per heavy atom. The van der Waals surface area contributed by atoms with Crippen LogP contribution in [0.25, 0.3) is 0 Å². The maximum atomic E-state index is 13.0. The second kappa shape index (κ2) is 7.70. The molecule has 1 saturated heterocycles. The number of phenolic OH excluding ortho intramolecular Hbond substituents is 1. The van der Waals surface area contributed by atoms with Crippen molar-refractivity contribution in [3.63, 3.8) is 0 Å². The molecule has 0 bridgehead atoms. The van der Waals surface area contributed by atoms with E-state index in [4.69, 9.17) is 4.74 Å². The second-order valence-electron chi connectivity index (χ2n) is 6.81. The Kier molecular flexibility index (Phi) is 5.38. The van der Waals surface area contributed by atoms with Crippen LogP contribution in [0.15, 0.2) is 30.3 Å². The van der Waals surface area contributed by atoms with Gasteiger partial charge in [-0.15, -0.1) is 0 Å². The van der Waals surface area contributed by atoms with Crippen molar-refractivity contribution in [2.45, 2.75) is 45.3 Å². The van der Waals surface area contributed by atoms with Gasteiger partial charge in [-0.25, -0.2) is 0 Å². The van der Waals surface area contributed by atoms with Crippen LogP contribution in [-0.4, -0.2) is 45.4 Å². The summed E-state index contributed by atoms with van der Waals surface area (Å²) in [5, 5.41) is 17.2. The molecule has 25 heavy (non-hydrogen) atoms. The molecule has 6 heteroatoms. The molecule has 0 unspecified atom stereocenters. The first-order chi connectivity index (χ1) is 12.0. The van der Waals surface area contributed by atoms with Gasteiger partial charge in [-0.2, -0.15) is 5.10 Å². The maximum Gasteiger partial charge on any atom is 0.274 e. The molecule has 2 heterocycles. The number of para-hydroxylation sites is 1. The van der Waals surface area contributed by atoms with Gasteiger partial charge in [0.1, 0.15) is 11.4 Å². The number of aromatic amines is 1. The average molecular weight is 343 g/mol. The van der Waals surface area contributed by atoms with E-state index in [0.717, 1.165) is 25.1 Å². The number of amides is 1. The Morgan fingerprint density at radius 2 is 2.24 bits per heavy atom. The van der Waals surface area contributed by atoms with Gasteiger partial charge in [0, 0.05) is 31.0 Å². The molecule has 1 aromatic heterocycles. The van der Waals surface area contributed by atoms with Crippen molar-refractivity contribution < 1.29 is 14.6 Å². The predicted molar refractivity (Wildman–Crippen MR) is 94.5 cm³/mol. The fraction of sp³-hybridized carbons (Fsp3) is 0.474. The highest BCUT2D eigenvalue weighted by molar-refractivity contribution is 5.92. The van der Waals surface area contributed by atoms with Crippen molar-refractivity contribution in [1.82, 2.24) is 15.1 Å². The van der Waals surface area contributed by atoms with E-state index in [2.05, 4.69) is 10.2 Å². The van der Waals surface area contributed by atoms with Crippen LogP contribution in [0.4, 0.5) is 0 Å². The van der Waals surface area contributed by atoms with Gasteiger partial charge >= 0.3 is 0 Å². The Labute approximate surface area is 147 Å². The summed E-state index contributed by atoms with van der Waals surface area (Å²) in [5.74, 6) is 0.318. The zero-order valence-corrected chi connectivity index (χ0v) is 14.7. The van der Waals surface area contributed by atoms with E-state index in [1.165, 1.54) is 0 Å². The highest BCUT2D eigenvalue weighted by Crippen LogP contribution is 2.22. The van der Waals surface area contributed by atoms with E-state index < -0.39 is 0 Å². The third kappa shape index (κ3) is 4.20. The molecule has 1 amide bonds. The van der Waals surface area contributed by atoms with Crippen LogP contribution < -0.4 is 0 Å². The monoisotopic (exact) mass is 343 g/mol. The van der Waals surface area contributed by atoms with Gasteiger partial charge < -0.3 is 14.7 Å². The topological polar surface area (TPSA) is 78.5 Å². The normalized spacial score (nSPS) is 17.2. The zero-order chi connectivity index (χ0) is 17.8. The number of nitrogens with one attached hydrogen (secondary N) is 1. The number of aromatic nitrogens is 2. The molecule has 1 aliphatic heterocycles. The highest BCUT2D eigenvalue weighted by atomic mass is 16.5. The SMILES string of the molecule is CC(C)c1cc(C(=O)N(Cc2ccccc2O)C[C@@H]2CCCO2)n[nH]1. The van der Waals surface area contributed by atoms with Crippen LogP contribution in [-0.2, 0) is 11.3 Å². The second-order valence-corrected chi connectivity index (χ2v) is 6.81. The van der Waals surface area contributed by atoms with Gasteiger partial charge in [0.05, 0.1) is 6.10 Å². The number of aromatic hydroxyl groups is 1. The maximum absolute atomic E-state index is 13.0. The summed E-state index contributed by atoms with van der Waals surface area (Å²) in [6.45, 7) is 5.66. The molecular formula is C19H25N3O3. The average Bonchev–Trinajstić information content (AvgIpc) is 3.27. The van der Waals surface area contributed by atoms with Gasteiger partial charge in [0.2, 0.25) is 0 Å². The molecule has 6 nitrogen and oxygen atoms in total. The Hall–Kier alpha value is -2.34. The number of ether oxygens (including phenoxy) is 1. The third-order valence-corrected chi connectivity index (χ3v) is 4.53. The lowest BCUT2D eigenvalue weighted by molar-refractivity contribution is 0.0501. The van der Waals surface area contributed by atoms with Crippen LogP contribution in [0.5, 0.6) is 5.75 Å². The van der Waals surface area contributed by atoms with Crippen molar-refractivity contribution in [1.29, 1.82) is 0 Å². The van der Waals surface area contributed by atoms with Crippen LogP contribution in [0.3, 0.4) is 0 Å². The number of hydrogen-bond donors (Lipinski definition) is 2. The van der Waals surface area contributed by atoms with Crippen molar-refractivity contribution in [2.24, 2.45) is 0 Å². The van der Waals surface area contributed by atoms with E-state index in [9.17, 15) is 9.90 Å². The van der Waals surface area contributed by atoms with Crippen LogP contribution in [0.1, 0.15) is 54.4 Å². The summed E-state index contributed by atoms with van der Waals surface area (Å²) in [4.78, 5) is 14.7. The van der Waals surface area contributed by atoms with Crippen LogP contribution in [0.2, 0.25) is 0 Å². The molecule has 0 radical (unpaired) electrons. The van der Waals surface area contributed by atoms with Crippen LogP contribution in [0, 0.1) is 0 Å². The molecule has 0 spiro atoms. The van der Waals surface area contributed by atoms with Crippen molar-refractivity contribution in [3.8, 4) is 5.75 Å². The van der Waals surface area contributed by atoms with E-state index in [1.807, 2.05) is 26.0 Å². The Bertz CT molecular complexity index is 720. The molecule has 0 saturated carbocycles. The Balaban J connectivity index is 1.81. The lowest BCUT2D eigenvalue weighted by atomic mass is 10.1. The number of H-pyrrole nitrogens is 1. The Morgan fingerprint density at radius 1 is 1.44 bits per heavy atom. The number of phenols is 1. The molecule has 1 aliphatic rings. The molecule has 134 valence electrons. The smallest absolute Gasteiger partial charge is 0.274 e. The first kappa shape index (κ1) is 17.5. The molecular weight excluding hydrogens is 318 g/mol. The first-order valence-electron chi connectivity index (χ1n) is 8.77. The minimum absolute atomic E-state index is 0.0401. The minimum Gasteiger partial charge on any atom is -0.508 e. The van der Waals surface area contributed by atoms with Gasteiger partial charge in [0.25, 0.3) is 5.91 Å². The van der Waals surface area contributed by atoms with Crippen LogP contribution >= 0.6 is 0 Å². The predicted octanol–water partition coefficient (Wildman–Crippen LogP) is 3.06. The molecule has 1 fully saturated rings. The lowest BCUT2D eigenvalue weighted by Crippen LogP contribution is -2.37. The lowest BCUT2D eigenvalue weighted by Gasteiger charge is -2.25. The largest absolute Gasteiger partial charge is 0.508 e. The van der Waals surface area contributed by atoms with E-state index in [-0.39, 0.29) is 23.7 Å². The quantitative estimate of drug-likeness (QED) is 0.845. The summed E-state index contributed by atoms with van der Waals surface area (Å²) < 4.78 is 5.70. The van der Waals surface area contributed by atoms with Gasteiger partial charge in [-0.05, 0) is 30.9 Å². The van der Waals surface area contributed by atoms with Gasteiger partial charge in [0.15, 0.2) is 0 Å². The molecule has 2 N–H and O–H groups in total. The molecule has 1 aromatic carbocycles. The molecule has 3 rings (SSSR count). The summed E-state index contributed by atoms with van der Waals surface area (Å²) in [7, 11) is 0. The molecule has 1 atom stereocenters. The van der Waals surface area contributed by atoms with Crippen molar-refractivity contribution in [2.75, 3.05) is 13.2 Å². The number of hydrogen-bond acceptors (Lipinski definition) is 4. The minimum atomic E-state index is -0.151. The van der Waals surface area contributed by atoms with E-state index >= 15 is 0 Å². The van der Waals surface area contributed by atoms with E-state index in [0.29, 0.717) is 24.3 Å². The molecule has 2 aromatic rings. The van der Waals surface area contributed by atoms with Gasteiger partial charge in [-0.3, -0.25) is 9.89 Å². The summed E-state index contributed by atoms with van der Waals surface area (Å²) >= 11 is 0. The third-order valence-electron chi connectivity index (χ3n) is 4.53. The fourth-order valence-corrected chi connectivity index (χ4v) is 3.01. The summed E-state index contributed by atoms with van der Waals surface area (Å²) in [5.41, 5.74) is 2.05. The number of carbonyl (C=O) groups is 1. The number of benzene rings is 1. The van der Waals surface area contributed by atoms with Gasteiger partial charge in [-0.1, -0.05) is 32.0 Å². The highest BCUT2D eigenvalue weighted by Gasteiger charge is 2.26. The standard InChI is InChI=1S/C19H25N3O3/c1-13(2)16-10-17(21-20-16)19(24)22(12-15-7-5-9-25-15)11-14-6-3-4-8-18(14)23/h3-4,6,8,10,13,15,23H,5,7,9,11-12H2,1-2H3,(H,20,21)/t15-/m0/s1. The number of carbonyl (C=O) groups excluding carboxylic acids is 1. The number of rotatable bonds is 6. The summed E-state index contributed by atoms with van der Waals surface area (Å²) in [6.07, 6.45) is 2.00. The van der Waals surface area contributed by atoms with Crippen molar-refractivity contribution in [3.05, 3.63) is 47.3 Å². The summed E-state index contributed by atoms with van der Waals surface area (Å²) in [6, 6.07) is 8.90. The molecule has 0 aliphatic carbocycles.